The maximum Gasteiger partial charge on any atom is 0.401 e. The van der Waals surface area contributed by atoms with Gasteiger partial charge in [-0.15, -0.1) is 0 Å². The van der Waals surface area contributed by atoms with E-state index >= 15 is 0 Å². The summed E-state index contributed by atoms with van der Waals surface area (Å²) in [4.78, 5) is -0.618. The summed E-state index contributed by atoms with van der Waals surface area (Å²) in [6.07, 6.45) is -4.49. The number of nitrogens with two attached hydrogens (primary N) is 1. The number of benzene rings is 1. The van der Waals surface area contributed by atoms with Crippen molar-refractivity contribution < 1.29 is 17.9 Å². The Morgan fingerprint density at radius 1 is 1.47 bits per heavy atom. The van der Waals surface area contributed by atoms with E-state index < -0.39 is 23.7 Å². The molecule has 7 heteroatoms. The molecule has 94 valence electrons. The zero-order valence-corrected chi connectivity index (χ0v) is 10.9. The van der Waals surface area contributed by atoms with Gasteiger partial charge >= 0.3 is 6.18 Å². The lowest BCUT2D eigenvalue weighted by Gasteiger charge is -2.19. The number of rotatable bonds is 4. The van der Waals surface area contributed by atoms with E-state index in [0.717, 1.165) is 0 Å². The topological polar surface area (TPSA) is 35.2 Å². The molecule has 0 aliphatic carbocycles. The van der Waals surface area contributed by atoms with Crippen molar-refractivity contribution in [3.05, 3.63) is 28.7 Å². The van der Waals surface area contributed by atoms with Gasteiger partial charge in [0.15, 0.2) is 0 Å². The number of hydrogen-bond acceptors (Lipinski definition) is 2. The van der Waals surface area contributed by atoms with Crippen molar-refractivity contribution >= 4 is 33.1 Å². The van der Waals surface area contributed by atoms with Crippen molar-refractivity contribution in [2.75, 3.05) is 6.61 Å². The fourth-order valence-electron chi connectivity index (χ4n) is 1.07. The minimum absolute atomic E-state index is 0.324. The van der Waals surface area contributed by atoms with Crippen molar-refractivity contribution in [1.82, 2.24) is 0 Å². The zero-order chi connectivity index (χ0) is 13.1. The molecular weight excluding hydrogens is 319 g/mol. The van der Waals surface area contributed by atoms with Crippen molar-refractivity contribution in [1.29, 1.82) is 0 Å². The number of hydrogen-bond donors (Lipinski definition) is 1. The molecule has 0 saturated carbocycles. The first-order valence-corrected chi connectivity index (χ1v) is 5.75. The Morgan fingerprint density at radius 3 is 2.59 bits per heavy atom. The molecule has 0 bridgehead atoms. The van der Waals surface area contributed by atoms with Crippen molar-refractivity contribution in [2.45, 2.75) is 6.18 Å². The van der Waals surface area contributed by atoms with E-state index in [1.807, 2.05) is 0 Å². The van der Waals surface area contributed by atoms with Gasteiger partial charge in [-0.2, -0.15) is 13.2 Å². The summed E-state index contributed by atoms with van der Waals surface area (Å²) >= 11 is 7.56. The van der Waals surface area contributed by atoms with Gasteiger partial charge in [0.25, 0.3) is 0 Å². The number of halogens is 4. The summed E-state index contributed by atoms with van der Waals surface area (Å²) in [5.74, 6) is -1.61. The molecule has 1 unspecified atom stereocenters. The highest BCUT2D eigenvalue weighted by Gasteiger charge is 2.42. The first kappa shape index (κ1) is 14.2. The summed E-state index contributed by atoms with van der Waals surface area (Å²) in [5.41, 5.74) is 5.04. The molecule has 17 heavy (non-hydrogen) atoms. The molecule has 1 aromatic rings. The normalized spacial score (nSPS) is 13.2. The molecular formula is C10H9BrF3NOS. The monoisotopic (exact) mass is 327 g/mol. The van der Waals surface area contributed by atoms with Crippen LogP contribution in [0.4, 0.5) is 13.2 Å². The maximum absolute atomic E-state index is 12.5. The Balaban J connectivity index is 2.68. The van der Waals surface area contributed by atoms with E-state index in [4.69, 9.17) is 10.5 Å². The van der Waals surface area contributed by atoms with Crippen LogP contribution in [0, 0.1) is 5.92 Å². The molecule has 0 aromatic heterocycles. The van der Waals surface area contributed by atoms with E-state index in [-0.39, 0.29) is 0 Å². The molecule has 1 rings (SSSR count). The minimum Gasteiger partial charge on any atom is -0.492 e. The molecule has 0 aliphatic heterocycles. The molecule has 0 saturated heterocycles. The highest BCUT2D eigenvalue weighted by molar-refractivity contribution is 9.10. The summed E-state index contributed by atoms with van der Waals surface area (Å²) in [6.45, 7) is -0.616. The Bertz CT molecular complexity index is 411. The van der Waals surface area contributed by atoms with Crippen LogP contribution in [0.25, 0.3) is 0 Å². The SMILES string of the molecule is NC(=S)C(COc1cccc(Br)c1)C(F)(F)F. The van der Waals surface area contributed by atoms with Crippen LogP contribution in [0.5, 0.6) is 5.75 Å². The Labute approximate surface area is 110 Å². The van der Waals surface area contributed by atoms with Gasteiger partial charge in [-0.05, 0) is 18.2 Å². The van der Waals surface area contributed by atoms with Gasteiger partial charge in [-0.3, -0.25) is 0 Å². The molecule has 1 aromatic carbocycles. The Morgan fingerprint density at radius 2 is 2.12 bits per heavy atom. The lowest BCUT2D eigenvalue weighted by Crippen LogP contribution is -2.38. The summed E-state index contributed by atoms with van der Waals surface area (Å²) in [5, 5.41) is 0. The second kappa shape index (κ2) is 5.68. The maximum atomic E-state index is 12.5. The molecule has 2 N–H and O–H groups in total. The molecule has 0 fully saturated rings. The Hall–Kier alpha value is -0.820. The third kappa shape index (κ3) is 4.51. The Kier molecular flexibility index (Phi) is 4.76. The molecule has 0 heterocycles. The van der Waals surface area contributed by atoms with Crippen LogP contribution >= 0.6 is 28.1 Å². The van der Waals surface area contributed by atoms with Crippen LogP contribution < -0.4 is 10.5 Å². The van der Waals surface area contributed by atoms with Crippen LogP contribution in [0.1, 0.15) is 0 Å². The lowest BCUT2D eigenvalue weighted by molar-refractivity contribution is -0.161. The molecule has 0 radical (unpaired) electrons. The van der Waals surface area contributed by atoms with Gasteiger partial charge in [0.05, 0.1) is 4.99 Å². The third-order valence-corrected chi connectivity index (χ3v) is 2.73. The van der Waals surface area contributed by atoms with Crippen LogP contribution in [0.2, 0.25) is 0 Å². The number of thiocarbonyl (C=S) groups is 1. The first-order valence-electron chi connectivity index (χ1n) is 4.55. The smallest absolute Gasteiger partial charge is 0.401 e. The van der Waals surface area contributed by atoms with Crippen LogP contribution in [0.15, 0.2) is 28.7 Å². The quantitative estimate of drug-likeness (QED) is 0.862. The zero-order valence-electron chi connectivity index (χ0n) is 8.50. The summed E-state index contributed by atoms with van der Waals surface area (Å²) in [7, 11) is 0. The third-order valence-electron chi connectivity index (χ3n) is 1.95. The van der Waals surface area contributed by atoms with Gasteiger partial charge in [-0.1, -0.05) is 34.2 Å². The van der Waals surface area contributed by atoms with Gasteiger partial charge in [0.2, 0.25) is 0 Å². The van der Waals surface area contributed by atoms with E-state index in [1.54, 1.807) is 24.3 Å². The fraction of sp³-hybridized carbons (Fsp3) is 0.300. The second-order valence-corrected chi connectivity index (χ2v) is 4.65. The van der Waals surface area contributed by atoms with Crippen molar-refractivity contribution in [2.24, 2.45) is 11.7 Å². The average Bonchev–Trinajstić information content (AvgIpc) is 2.15. The summed E-state index contributed by atoms with van der Waals surface area (Å²) < 4.78 is 43.2. The summed E-state index contributed by atoms with van der Waals surface area (Å²) in [6, 6.07) is 6.51. The van der Waals surface area contributed by atoms with Crippen molar-refractivity contribution in [3.8, 4) is 5.75 Å². The highest BCUT2D eigenvalue weighted by atomic mass is 79.9. The number of ether oxygens (including phenoxy) is 1. The van der Waals surface area contributed by atoms with Crippen LogP contribution in [-0.4, -0.2) is 17.8 Å². The van der Waals surface area contributed by atoms with Gasteiger partial charge in [0.1, 0.15) is 18.3 Å². The van der Waals surface area contributed by atoms with E-state index in [2.05, 4.69) is 28.1 Å². The molecule has 2 nitrogen and oxygen atoms in total. The predicted octanol–water partition coefficient (Wildman–Crippen LogP) is 3.29. The minimum atomic E-state index is -4.49. The number of alkyl halides is 3. The predicted molar refractivity (Wildman–Crippen MR) is 66.0 cm³/mol. The van der Waals surface area contributed by atoms with Gasteiger partial charge in [0, 0.05) is 4.47 Å². The molecule has 0 spiro atoms. The second-order valence-electron chi connectivity index (χ2n) is 3.26. The first-order chi connectivity index (χ1) is 7.80. The van der Waals surface area contributed by atoms with Crippen LogP contribution in [-0.2, 0) is 0 Å². The van der Waals surface area contributed by atoms with Gasteiger partial charge in [-0.25, -0.2) is 0 Å². The largest absolute Gasteiger partial charge is 0.492 e. The molecule has 1 atom stereocenters. The highest BCUT2D eigenvalue weighted by Crippen LogP contribution is 2.27. The average molecular weight is 328 g/mol. The van der Waals surface area contributed by atoms with E-state index in [0.29, 0.717) is 10.2 Å². The lowest BCUT2D eigenvalue weighted by atomic mass is 10.1. The van der Waals surface area contributed by atoms with Gasteiger partial charge < -0.3 is 10.5 Å². The standard InChI is InChI=1S/C10H9BrF3NOS/c11-6-2-1-3-7(4-6)16-5-8(9(15)17)10(12,13)14/h1-4,8H,5H2,(H2,15,17). The molecule has 0 aliphatic rings. The van der Waals surface area contributed by atoms with Crippen molar-refractivity contribution in [3.63, 3.8) is 0 Å². The molecule has 0 amide bonds. The fourth-order valence-corrected chi connectivity index (χ4v) is 1.65. The van der Waals surface area contributed by atoms with E-state index in [1.165, 1.54) is 0 Å². The van der Waals surface area contributed by atoms with Crippen LogP contribution in [0.3, 0.4) is 0 Å². The van der Waals surface area contributed by atoms with E-state index in [9.17, 15) is 13.2 Å².